The lowest BCUT2D eigenvalue weighted by Crippen LogP contribution is -2.50. The first-order valence-electron chi connectivity index (χ1n) is 12.2. The van der Waals surface area contributed by atoms with Crippen LogP contribution < -0.4 is 15.4 Å². The molecule has 1 fully saturated rings. The molecule has 0 aromatic heterocycles. The number of hydrogen-bond donors (Lipinski definition) is 4. The SMILES string of the molecule is CC(C)Cc1ccc2c(c1)[C@]1(CCO2)C[C@H]1NC[C@@H](O)[C@H](Cc1cc(F)cc(F)c1)NC(C)O. The van der Waals surface area contributed by atoms with Crippen LogP contribution in [0, 0.1) is 17.6 Å². The molecule has 186 valence electrons. The van der Waals surface area contributed by atoms with Crippen molar-refractivity contribution < 1.29 is 23.7 Å². The summed E-state index contributed by atoms with van der Waals surface area (Å²) in [7, 11) is 0. The molecule has 1 aliphatic carbocycles. The Morgan fingerprint density at radius 3 is 2.44 bits per heavy atom. The van der Waals surface area contributed by atoms with E-state index < -0.39 is 30.0 Å². The first-order chi connectivity index (χ1) is 16.2. The van der Waals surface area contributed by atoms with Gasteiger partial charge in [0.2, 0.25) is 0 Å². The van der Waals surface area contributed by atoms with Crippen LogP contribution in [0.25, 0.3) is 0 Å². The van der Waals surface area contributed by atoms with E-state index in [4.69, 9.17) is 4.74 Å². The smallest absolute Gasteiger partial charge is 0.126 e. The number of halogens is 2. The molecular weight excluding hydrogens is 438 g/mol. The van der Waals surface area contributed by atoms with Crippen molar-refractivity contribution >= 4 is 0 Å². The molecule has 34 heavy (non-hydrogen) atoms. The summed E-state index contributed by atoms with van der Waals surface area (Å²) >= 11 is 0. The lowest BCUT2D eigenvalue weighted by molar-refractivity contribution is 0.0728. The highest BCUT2D eigenvalue weighted by Gasteiger charge is 2.57. The maximum Gasteiger partial charge on any atom is 0.126 e. The van der Waals surface area contributed by atoms with Crippen LogP contribution in [0.5, 0.6) is 5.75 Å². The van der Waals surface area contributed by atoms with Crippen LogP contribution in [0.15, 0.2) is 36.4 Å². The van der Waals surface area contributed by atoms with E-state index in [1.807, 2.05) is 0 Å². The monoisotopic (exact) mass is 474 g/mol. The quantitative estimate of drug-likeness (QED) is 0.397. The van der Waals surface area contributed by atoms with Crippen molar-refractivity contribution in [1.29, 1.82) is 0 Å². The van der Waals surface area contributed by atoms with Crippen LogP contribution in [0.2, 0.25) is 0 Å². The molecule has 5 atom stereocenters. The summed E-state index contributed by atoms with van der Waals surface area (Å²) in [5.74, 6) is 0.207. The Labute approximate surface area is 200 Å². The third-order valence-corrected chi connectivity index (χ3v) is 6.98. The van der Waals surface area contributed by atoms with Gasteiger partial charge in [-0.1, -0.05) is 26.0 Å². The van der Waals surface area contributed by atoms with E-state index >= 15 is 0 Å². The molecule has 1 unspecified atom stereocenters. The molecule has 1 spiro atoms. The molecule has 2 aromatic rings. The van der Waals surface area contributed by atoms with Gasteiger partial charge in [-0.2, -0.15) is 0 Å². The van der Waals surface area contributed by atoms with Gasteiger partial charge in [-0.25, -0.2) is 8.78 Å². The third kappa shape index (κ3) is 5.77. The number of benzene rings is 2. The van der Waals surface area contributed by atoms with Crippen LogP contribution in [-0.2, 0) is 18.3 Å². The largest absolute Gasteiger partial charge is 0.493 e. The number of nitrogens with one attached hydrogen (secondary N) is 2. The number of aliphatic hydroxyl groups excluding tert-OH is 2. The number of aliphatic hydroxyl groups is 2. The Morgan fingerprint density at radius 2 is 1.76 bits per heavy atom. The fraction of sp³-hybridized carbons (Fsp3) is 0.556. The Hall–Kier alpha value is -2.06. The van der Waals surface area contributed by atoms with E-state index in [0.29, 0.717) is 24.6 Å². The molecule has 0 bridgehead atoms. The summed E-state index contributed by atoms with van der Waals surface area (Å²) in [6.07, 6.45) is 1.39. The summed E-state index contributed by atoms with van der Waals surface area (Å²) in [4.78, 5) is 0. The van der Waals surface area contributed by atoms with Gasteiger partial charge in [0.25, 0.3) is 0 Å². The normalized spacial score (nSPS) is 23.9. The molecule has 0 saturated heterocycles. The number of fused-ring (bicyclic) bond motifs is 2. The van der Waals surface area contributed by atoms with Gasteiger partial charge in [-0.3, -0.25) is 5.32 Å². The van der Waals surface area contributed by atoms with E-state index in [1.54, 1.807) is 6.92 Å². The number of ether oxygens (including phenoxy) is 1. The van der Waals surface area contributed by atoms with E-state index in [2.05, 4.69) is 42.7 Å². The topological polar surface area (TPSA) is 73.8 Å². The molecule has 0 amide bonds. The second-order valence-electron chi connectivity index (χ2n) is 10.3. The van der Waals surface area contributed by atoms with Crippen LogP contribution >= 0.6 is 0 Å². The minimum Gasteiger partial charge on any atom is -0.493 e. The maximum atomic E-state index is 13.6. The molecule has 7 heteroatoms. The second kappa shape index (κ2) is 10.3. The zero-order valence-electron chi connectivity index (χ0n) is 20.2. The summed E-state index contributed by atoms with van der Waals surface area (Å²) in [6.45, 7) is 6.96. The molecular formula is C27H36F2N2O3. The molecule has 4 N–H and O–H groups in total. The maximum absolute atomic E-state index is 13.6. The van der Waals surface area contributed by atoms with Crippen molar-refractivity contribution in [2.75, 3.05) is 13.2 Å². The lowest BCUT2D eigenvalue weighted by atomic mass is 9.86. The minimum absolute atomic E-state index is 0.0131. The predicted molar refractivity (Wildman–Crippen MR) is 128 cm³/mol. The van der Waals surface area contributed by atoms with Crippen molar-refractivity contribution in [2.45, 2.75) is 76.3 Å². The highest BCUT2D eigenvalue weighted by atomic mass is 19.1. The Balaban J connectivity index is 1.42. The molecule has 1 heterocycles. The van der Waals surface area contributed by atoms with Crippen molar-refractivity contribution in [3.05, 3.63) is 64.7 Å². The van der Waals surface area contributed by atoms with E-state index in [0.717, 1.165) is 31.1 Å². The summed E-state index contributed by atoms with van der Waals surface area (Å²) in [6, 6.07) is 9.49. The number of rotatable bonds is 10. The minimum atomic E-state index is -0.868. The highest BCUT2D eigenvalue weighted by Crippen LogP contribution is 2.56. The summed E-state index contributed by atoms with van der Waals surface area (Å²) in [5.41, 5.74) is 3.00. The molecule has 0 radical (unpaired) electrons. The van der Waals surface area contributed by atoms with Crippen molar-refractivity contribution in [3.63, 3.8) is 0 Å². The van der Waals surface area contributed by atoms with Gasteiger partial charge in [0.05, 0.1) is 12.7 Å². The zero-order valence-corrected chi connectivity index (χ0v) is 20.2. The van der Waals surface area contributed by atoms with Gasteiger partial charge >= 0.3 is 0 Å². The van der Waals surface area contributed by atoms with Gasteiger partial charge in [0.15, 0.2) is 0 Å². The standard InChI is InChI=1S/C27H36F2N2O3/c1-16(2)8-18-4-5-25-22(11-18)27(6-7-34-25)14-26(27)30-15-24(33)23(31-17(3)32)12-19-9-20(28)13-21(29)10-19/h4-5,9-11,13,16-17,23-24,26,30-33H,6-8,12,14-15H2,1-3H3/t17?,23-,24+,26+,27-/m0/s1. The summed E-state index contributed by atoms with van der Waals surface area (Å²) < 4.78 is 33.2. The van der Waals surface area contributed by atoms with Crippen LogP contribution in [0.1, 0.15) is 50.3 Å². The average molecular weight is 475 g/mol. The fourth-order valence-corrected chi connectivity index (χ4v) is 5.32. The van der Waals surface area contributed by atoms with E-state index in [1.165, 1.54) is 23.3 Å². The lowest BCUT2D eigenvalue weighted by Gasteiger charge is -2.29. The van der Waals surface area contributed by atoms with Crippen LogP contribution in [0.4, 0.5) is 8.78 Å². The predicted octanol–water partition coefficient (Wildman–Crippen LogP) is 3.45. The van der Waals surface area contributed by atoms with E-state index in [9.17, 15) is 19.0 Å². The van der Waals surface area contributed by atoms with Crippen LogP contribution in [0.3, 0.4) is 0 Å². The van der Waals surface area contributed by atoms with Gasteiger partial charge < -0.3 is 20.3 Å². The average Bonchev–Trinajstić information content (AvgIpc) is 3.43. The second-order valence-corrected chi connectivity index (χ2v) is 10.3. The Morgan fingerprint density at radius 1 is 1.03 bits per heavy atom. The molecule has 2 aromatic carbocycles. The first kappa shape index (κ1) is 25.0. The van der Waals surface area contributed by atoms with Gasteiger partial charge in [-0.05, 0) is 67.9 Å². The van der Waals surface area contributed by atoms with Gasteiger partial charge in [0, 0.05) is 35.7 Å². The zero-order chi connectivity index (χ0) is 24.5. The van der Waals surface area contributed by atoms with Gasteiger partial charge in [-0.15, -0.1) is 0 Å². The first-order valence-corrected chi connectivity index (χ1v) is 12.2. The van der Waals surface area contributed by atoms with Gasteiger partial charge in [0.1, 0.15) is 23.6 Å². The Kier molecular flexibility index (Phi) is 7.57. The van der Waals surface area contributed by atoms with Crippen molar-refractivity contribution in [2.24, 2.45) is 5.92 Å². The van der Waals surface area contributed by atoms with Crippen molar-refractivity contribution in [1.82, 2.24) is 10.6 Å². The molecule has 1 saturated carbocycles. The fourth-order valence-electron chi connectivity index (χ4n) is 5.32. The Bertz CT molecular complexity index is 980. The number of hydrogen-bond acceptors (Lipinski definition) is 5. The molecule has 5 nitrogen and oxygen atoms in total. The highest BCUT2D eigenvalue weighted by molar-refractivity contribution is 5.50. The van der Waals surface area contributed by atoms with Crippen molar-refractivity contribution in [3.8, 4) is 5.75 Å². The summed E-state index contributed by atoms with van der Waals surface area (Å²) in [5, 5.41) is 27.2. The molecule has 2 aliphatic rings. The third-order valence-electron chi connectivity index (χ3n) is 6.98. The molecule has 1 aliphatic heterocycles. The van der Waals surface area contributed by atoms with Crippen LogP contribution in [-0.4, -0.2) is 47.8 Å². The van der Waals surface area contributed by atoms with E-state index in [-0.39, 0.29) is 17.9 Å². The molecule has 4 rings (SSSR count).